The Morgan fingerprint density at radius 2 is 2.43 bits per heavy atom. The first kappa shape index (κ1) is 10.7. The number of aromatic amines is 1. The molecule has 5 nitrogen and oxygen atoms in total. The van der Waals surface area contributed by atoms with Crippen molar-refractivity contribution in [1.29, 1.82) is 0 Å². The van der Waals surface area contributed by atoms with Crippen molar-refractivity contribution in [2.24, 2.45) is 5.73 Å². The lowest BCUT2D eigenvalue weighted by Gasteiger charge is -2.25. The Labute approximate surface area is 82.3 Å². The number of H-pyrrole nitrogens is 1. The van der Waals surface area contributed by atoms with Crippen LogP contribution in [0.5, 0.6) is 0 Å². The molecular weight excluding hydrogens is 182 g/mol. The van der Waals surface area contributed by atoms with Crippen molar-refractivity contribution in [1.82, 2.24) is 10.2 Å². The molecule has 0 saturated heterocycles. The molecule has 0 saturated carbocycles. The van der Waals surface area contributed by atoms with E-state index in [-0.39, 0.29) is 6.42 Å². The summed E-state index contributed by atoms with van der Waals surface area (Å²) in [4.78, 5) is 10.7. The van der Waals surface area contributed by atoms with Gasteiger partial charge in [-0.1, -0.05) is 6.92 Å². The molecule has 1 aromatic rings. The fourth-order valence-electron chi connectivity index (χ4n) is 1.54. The SMILES string of the molecule is CC[C@](N)(CC(=O)O)c1c[nH]nc1C. The molecule has 0 radical (unpaired) electrons. The van der Waals surface area contributed by atoms with Crippen LogP contribution in [-0.2, 0) is 10.3 Å². The number of nitrogens with two attached hydrogens (primary N) is 1. The van der Waals surface area contributed by atoms with Crippen LogP contribution in [0, 0.1) is 6.92 Å². The molecule has 0 unspecified atom stereocenters. The smallest absolute Gasteiger partial charge is 0.305 e. The van der Waals surface area contributed by atoms with Gasteiger partial charge in [0.15, 0.2) is 0 Å². The van der Waals surface area contributed by atoms with Crippen molar-refractivity contribution in [3.63, 3.8) is 0 Å². The summed E-state index contributed by atoms with van der Waals surface area (Å²) < 4.78 is 0. The molecule has 0 aliphatic rings. The second kappa shape index (κ2) is 3.79. The first-order chi connectivity index (χ1) is 6.49. The maximum atomic E-state index is 10.7. The fraction of sp³-hybridized carbons (Fsp3) is 0.556. The van der Waals surface area contributed by atoms with Crippen LogP contribution in [0.15, 0.2) is 6.20 Å². The number of nitrogens with one attached hydrogen (secondary N) is 1. The number of hydrogen-bond donors (Lipinski definition) is 3. The topological polar surface area (TPSA) is 92.0 Å². The number of nitrogens with zero attached hydrogens (tertiary/aromatic N) is 1. The van der Waals surface area contributed by atoms with Gasteiger partial charge in [-0.3, -0.25) is 9.89 Å². The number of carboxylic acid groups (broad SMARTS) is 1. The minimum atomic E-state index is -0.894. The van der Waals surface area contributed by atoms with E-state index in [1.54, 1.807) is 6.20 Å². The minimum Gasteiger partial charge on any atom is -0.481 e. The van der Waals surface area contributed by atoms with E-state index < -0.39 is 11.5 Å². The van der Waals surface area contributed by atoms with Gasteiger partial charge in [0, 0.05) is 11.8 Å². The predicted molar refractivity (Wildman–Crippen MR) is 51.7 cm³/mol. The largest absolute Gasteiger partial charge is 0.481 e. The number of aryl methyl sites for hydroxylation is 1. The second-order valence-corrected chi connectivity index (χ2v) is 3.46. The van der Waals surface area contributed by atoms with Gasteiger partial charge in [0.2, 0.25) is 0 Å². The highest BCUT2D eigenvalue weighted by atomic mass is 16.4. The molecular formula is C9H15N3O2. The van der Waals surface area contributed by atoms with Crippen molar-refractivity contribution in [2.45, 2.75) is 32.2 Å². The quantitative estimate of drug-likeness (QED) is 0.664. The van der Waals surface area contributed by atoms with Crippen LogP contribution in [0.25, 0.3) is 0 Å². The third kappa shape index (κ3) is 1.93. The molecule has 4 N–H and O–H groups in total. The van der Waals surface area contributed by atoms with Gasteiger partial charge in [0.1, 0.15) is 0 Å². The number of aliphatic carboxylic acids is 1. The summed E-state index contributed by atoms with van der Waals surface area (Å²) in [7, 11) is 0. The Morgan fingerprint density at radius 1 is 1.79 bits per heavy atom. The zero-order valence-corrected chi connectivity index (χ0v) is 8.37. The molecule has 78 valence electrons. The Kier molecular flexibility index (Phi) is 2.90. The molecule has 0 aliphatic carbocycles. The molecule has 0 amide bonds. The summed E-state index contributed by atoms with van der Waals surface area (Å²) in [6, 6.07) is 0. The average molecular weight is 197 g/mol. The van der Waals surface area contributed by atoms with Crippen LogP contribution in [-0.4, -0.2) is 21.3 Å². The molecule has 14 heavy (non-hydrogen) atoms. The highest BCUT2D eigenvalue weighted by Gasteiger charge is 2.30. The Morgan fingerprint density at radius 3 is 2.79 bits per heavy atom. The van der Waals surface area contributed by atoms with E-state index in [0.29, 0.717) is 6.42 Å². The van der Waals surface area contributed by atoms with Crippen molar-refractivity contribution in [3.8, 4) is 0 Å². The minimum absolute atomic E-state index is 0.0795. The van der Waals surface area contributed by atoms with Crippen LogP contribution >= 0.6 is 0 Å². The van der Waals surface area contributed by atoms with Crippen LogP contribution < -0.4 is 5.73 Å². The average Bonchev–Trinajstić information content (AvgIpc) is 2.50. The second-order valence-electron chi connectivity index (χ2n) is 3.46. The van der Waals surface area contributed by atoms with Gasteiger partial charge in [-0.25, -0.2) is 0 Å². The van der Waals surface area contributed by atoms with Crippen LogP contribution in [0.3, 0.4) is 0 Å². The van der Waals surface area contributed by atoms with E-state index in [0.717, 1.165) is 11.3 Å². The lowest BCUT2D eigenvalue weighted by atomic mass is 9.86. The maximum absolute atomic E-state index is 10.7. The van der Waals surface area contributed by atoms with Gasteiger partial charge in [0.05, 0.1) is 17.7 Å². The highest BCUT2D eigenvalue weighted by molar-refractivity contribution is 5.69. The molecule has 0 bridgehead atoms. The molecule has 0 fully saturated rings. The highest BCUT2D eigenvalue weighted by Crippen LogP contribution is 2.27. The predicted octanol–water partition coefficient (Wildman–Crippen LogP) is 0.757. The summed E-state index contributed by atoms with van der Waals surface area (Å²) in [6.07, 6.45) is 2.16. The van der Waals surface area contributed by atoms with E-state index in [1.807, 2.05) is 13.8 Å². The van der Waals surface area contributed by atoms with Crippen LogP contribution in [0.1, 0.15) is 31.0 Å². The molecule has 1 atom stereocenters. The monoisotopic (exact) mass is 197 g/mol. The van der Waals surface area contributed by atoms with Gasteiger partial charge in [-0.05, 0) is 13.3 Å². The molecule has 1 rings (SSSR count). The van der Waals surface area contributed by atoms with Crippen molar-refractivity contribution in [3.05, 3.63) is 17.5 Å². The molecule has 5 heteroatoms. The number of hydrogen-bond acceptors (Lipinski definition) is 3. The van der Waals surface area contributed by atoms with Gasteiger partial charge < -0.3 is 10.8 Å². The zero-order valence-electron chi connectivity index (χ0n) is 8.37. The van der Waals surface area contributed by atoms with Gasteiger partial charge in [-0.2, -0.15) is 5.10 Å². The van der Waals surface area contributed by atoms with Crippen molar-refractivity contribution < 1.29 is 9.90 Å². The van der Waals surface area contributed by atoms with Crippen molar-refractivity contribution >= 4 is 5.97 Å². The van der Waals surface area contributed by atoms with E-state index in [1.165, 1.54) is 0 Å². The summed E-state index contributed by atoms with van der Waals surface area (Å²) in [5, 5.41) is 15.4. The van der Waals surface area contributed by atoms with Gasteiger partial charge in [-0.15, -0.1) is 0 Å². The standard InChI is InChI=1S/C9H15N3O2/c1-3-9(10,4-8(13)14)7-5-11-12-6(7)2/h5H,3-4,10H2,1-2H3,(H,11,12)(H,13,14)/t9-/m0/s1. The molecule has 1 aromatic heterocycles. The first-order valence-corrected chi connectivity index (χ1v) is 4.51. The van der Waals surface area contributed by atoms with Crippen molar-refractivity contribution in [2.75, 3.05) is 0 Å². The molecule has 0 aromatic carbocycles. The van der Waals surface area contributed by atoms with E-state index >= 15 is 0 Å². The normalized spacial score (nSPS) is 15.1. The van der Waals surface area contributed by atoms with E-state index in [9.17, 15) is 4.79 Å². The summed E-state index contributed by atoms with van der Waals surface area (Å²) in [5.41, 5.74) is 6.75. The Bertz CT molecular complexity index is 335. The summed E-state index contributed by atoms with van der Waals surface area (Å²) in [5.74, 6) is -0.894. The Balaban J connectivity index is 3.01. The van der Waals surface area contributed by atoms with E-state index in [4.69, 9.17) is 10.8 Å². The third-order valence-corrected chi connectivity index (χ3v) is 2.46. The summed E-state index contributed by atoms with van der Waals surface area (Å²) in [6.45, 7) is 3.68. The molecule has 0 spiro atoms. The Hall–Kier alpha value is -1.36. The number of rotatable bonds is 4. The van der Waals surface area contributed by atoms with Crippen LogP contribution in [0.2, 0.25) is 0 Å². The first-order valence-electron chi connectivity index (χ1n) is 4.51. The fourth-order valence-corrected chi connectivity index (χ4v) is 1.54. The third-order valence-electron chi connectivity index (χ3n) is 2.46. The molecule has 0 aliphatic heterocycles. The maximum Gasteiger partial charge on any atom is 0.305 e. The molecule has 1 heterocycles. The van der Waals surface area contributed by atoms with Gasteiger partial charge in [0.25, 0.3) is 0 Å². The van der Waals surface area contributed by atoms with E-state index in [2.05, 4.69) is 10.2 Å². The number of aromatic nitrogens is 2. The summed E-state index contributed by atoms with van der Waals surface area (Å²) >= 11 is 0. The van der Waals surface area contributed by atoms with Crippen LogP contribution in [0.4, 0.5) is 0 Å². The number of carbonyl (C=O) groups is 1. The lowest BCUT2D eigenvalue weighted by Crippen LogP contribution is -2.38. The number of carboxylic acids is 1. The van der Waals surface area contributed by atoms with Gasteiger partial charge >= 0.3 is 5.97 Å². The lowest BCUT2D eigenvalue weighted by molar-refractivity contribution is -0.138. The zero-order chi connectivity index (χ0) is 10.8.